The summed E-state index contributed by atoms with van der Waals surface area (Å²) in [6.45, 7) is -0.254. The van der Waals surface area contributed by atoms with Gasteiger partial charge < -0.3 is 15.3 Å². The molecule has 0 saturated heterocycles. The maximum atomic E-state index is 13.1. The molecule has 8 nitrogen and oxygen atoms in total. The summed E-state index contributed by atoms with van der Waals surface area (Å²) in [5.41, 5.74) is 5.85. The van der Waals surface area contributed by atoms with Gasteiger partial charge in [0.1, 0.15) is 5.76 Å². The number of furan rings is 1. The van der Waals surface area contributed by atoms with Gasteiger partial charge in [0.2, 0.25) is 0 Å². The molecule has 146 valence electrons. The third kappa shape index (κ3) is 4.21. The van der Waals surface area contributed by atoms with Crippen LogP contribution in [0.2, 0.25) is 5.02 Å². The number of hydrogen-bond donors (Lipinski definition) is 3. The number of halogens is 1. The van der Waals surface area contributed by atoms with Crippen LogP contribution in [0.3, 0.4) is 0 Å². The van der Waals surface area contributed by atoms with Gasteiger partial charge in [0.25, 0.3) is 0 Å². The van der Waals surface area contributed by atoms with E-state index in [-0.39, 0.29) is 34.2 Å². The van der Waals surface area contributed by atoms with E-state index in [9.17, 15) is 18.3 Å². The van der Waals surface area contributed by atoms with Crippen LogP contribution in [0.15, 0.2) is 65.3 Å². The lowest BCUT2D eigenvalue weighted by molar-refractivity contribution is 0.0697. The Kier molecular flexibility index (Phi) is 5.48. The van der Waals surface area contributed by atoms with Crippen molar-refractivity contribution in [1.29, 1.82) is 0 Å². The molecule has 2 aromatic carbocycles. The van der Waals surface area contributed by atoms with Crippen LogP contribution in [0, 0.1) is 0 Å². The predicted molar refractivity (Wildman–Crippen MR) is 107 cm³/mol. The normalized spacial score (nSPS) is 11.2. The fourth-order valence-corrected chi connectivity index (χ4v) is 3.97. The minimum atomic E-state index is -4.28. The predicted octanol–water partition coefficient (Wildman–Crippen LogP) is 3.58. The van der Waals surface area contributed by atoms with Gasteiger partial charge in [-0.2, -0.15) is 8.42 Å². The van der Waals surface area contributed by atoms with E-state index < -0.39 is 16.2 Å². The average molecular weight is 422 g/mol. The van der Waals surface area contributed by atoms with Crippen molar-refractivity contribution in [2.24, 2.45) is 0 Å². The van der Waals surface area contributed by atoms with E-state index in [1.54, 1.807) is 24.3 Å². The van der Waals surface area contributed by atoms with Crippen LogP contribution in [0.1, 0.15) is 16.1 Å². The number of nitrogens with two attached hydrogens (primary N) is 1. The molecular formula is C18H16ClN3O5S. The van der Waals surface area contributed by atoms with E-state index >= 15 is 0 Å². The molecule has 0 bridgehead atoms. The number of carboxylic acid groups (broad SMARTS) is 1. The second-order valence-corrected chi connectivity index (χ2v) is 7.78. The molecule has 0 saturated carbocycles. The van der Waals surface area contributed by atoms with E-state index in [0.29, 0.717) is 5.76 Å². The number of carboxylic acids is 1. The maximum Gasteiger partial charge on any atom is 0.337 e. The lowest BCUT2D eigenvalue weighted by Gasteiger charge is -2.26. The SMILES string of the molecule is Nc1ccccc1NS(=O)(=O)N(Cc1ccco1)c1cc(Cl)ccc1C(=O)O. The summed E-state index contributed by atoms with van der Waals surface area (Å²) >= 11 is 6.00. The van der Waals surface area contributed by atoms with Crippen molar-refractivity contribution in [2.75, 3.05) is 14.8 Å². The number of carbonyl (C=O) groups is 1. The number of anilines is 3. The van der Waals surface area contributed by atoms with Crippen LogP contribution >= 0.6 is 11.6 Å². The van der Waals surface area contributed by atoms with Crippen molar-refractivity contribution in [3.63, 3.8) is 0 Å². The van der Waals surface area contributed by atoms with Crippen molar-refractivity contribution in [3.8, 4) is 0 Å². The van der Waals surface area contributed by atoms with Crippen molar-refractivity contribution >= 4 is 44.8 Å². The second-order valence-electron chi connectivity index (χ2n) is 5.75. The summed E-state index contributed by atoms with van der Waals surface area (Å²) in [7, 11) is -4.28. The first-order valence-electron chi connectivity index (χ1n) is 7.98. The van der Waals surface area contributed by atoms with Crippen LogP contribution in [0.4, 0.5) is 17.1 Å². The topological polar surface area (TPSA) is 126 Å². The first-order chi connectivity index (χ1) is 13.3. The lowest BCUT2D eigenvalue weighted by atomic mass is 10.2. The Morgan fingerprint density at radius 2 is 1.93 bits per heavy atom. The Labute approximate surface area is 166 Å². The fourth-order valence-electron chi connectivity index (χ4n) is 2.52. The Morgan fingerprint density at radius 3 is 2.57 bits per heavy atom. The average Bonchev–Trinajstić information content (AvgIpc) is 3.14. The molecule has 0 radical (unpaired) electrons. The molecule has 0 aliphatic rings. The van der Waals surface area contributed by atoms with Gasteiger partial charge in [-0.3, -0.25) is 4.72 Å². The minimum Gasteiger partial charge on any atom is -0.478 e. The molecule has 3 aromatic rings. The zero-order valence-electron chi connectivity index (χ0n) is 14.4. The van der Waals surface area contributed by atoms with Crippen LogP contribution in [0.25, 0.3) is 0 Å². The number of hydrogen-bond acceptors (Lipinski definition) is 5. The Balaban J connectivity index is 2.11. The number of nitrogen functional groups attached to an aromatic ring is 1. The lowest BCUT2D eigenvalue weighted by Crippen LogP contribution is -2.36. The van der Waals surface area contributed by atoms with Crippen LogP contribution in [-0.4, -0.2) is 19.5 Å². The summed E-state index contributed by atoms with van der Waals surface area (Å²) in [6.07, 6.45) is 1.39. The molecule has 0 atom stereocenters. The Morgan fingerprint density at radius 1 is 1.18 bits per heavy atom. The Hall–Kier alpha value is -3.17. The Bertz CT molecular complexity index is 1100. The molecule has 1 aromatic heterocycles. The van der Waals surface area contributed by atoms with Gasteiger partial charge in [-0.05, 0) is 42.5 Å². The first-order valence-corrected chi connectivity index (χ1v) is 9.80. The molecule has 4 N–H and O–H groups in total. The highest BCUT2D eigenvalue weighted by Gasteiger charge is 2.28. The van der Waals surface area contributed by atoms with Gasteiger partial charge in [-0.1, -0.05) is 23.7 Å². The second kappa shape index (κ2) is 7.83. The number of para-hydroxylation sites is 2. The summed E-state index contributed by atoms with van der Waals surface area (Å²) in [5.74, 6) is -0.992. The molecule has 0 unspecified atom stereocenters. The number of rotatable bonds is 7. The van der Waals surface area contributed by atoms with Gasteiger partial charge in [0.05, 0.1) is 35.4 Å². The van der Waals surface area contributed by atoms with Crippen LogP contribution < -0.4 is 14.8 Å². The molecule has 3 rings (SSSR count). The first kappa shape index (κ1) is 19.6. The summed E-state index contributed by atoms with van der Waals surface area (Å²) in [4.78, 5) is 11.7. The fraction of sp³-hybridized carbons (Fsp3) is 0.0556. The molecule has 0 aliphatic carbocycles. The number of nitrogens with one attached hydrogen (secondary N) is 1. The maximum absolute atomic E-state index is 13.1. The smallest absolute Gasteiger partial charge is 0.337 e. The molecule has 0 spiro atoms. The van der Waals surface area contributed by atoms with Gasteiger partial charge in [-0.15, -0.1) is 0 Å². The largest absolute Gasteiger partial charge is 0.478 e. The molecule has 10 heteroatoms. The molecule has 28 heavy (non-hydrogen) atoms. The van der Waals surface area contributed by atoms with E-state index in [1.165, 1.54) is 36.6 Å². The highest BCUT2D eigenvalue weighted by molar-refractivity contribution is 7.94. The molecule has 0 aliphatic heterocycles. The van der Waals surface area contributed by atoms with E-state index in [1.807, 2.05) is 0 Å². The number of nitrogens with zero attached hydrogens (tertiary/aromatic N) is 1. The van der Waals surface area contributed by atoms with E-state index in [4.69, 9.17) is 21.8 Å². The van der Waals surface area contributed by atoms with Crippen molar-refractivity contribution in [2.45, 2.75) is 6.54 Å². The van der Waals surface area contributed by atoms with Crippen molar-refractivity contribution in [1.82, 2.24) is 0 Å². The van der Waals surface area contributed by atoms with Gasteiger partial charge in [0.15, 0.2) is 0 Å². The third-order valence-corrected chi connectivity index (χ3v) is 5.45. The van der Waals surface area contributed by atoms with Crippen LogP contribution in [0.5, 0.6) is 0 Å². The van der Waals surface area contributed by atoms with Gasteiger partial charge in [0, 0.05) is 5.02 Å². The number of benzene rings is 2. The zero-order valence-corrected chi connectivity index (χ0v) is 15.9. The third-order valence-electron chi connectivity index (χ3n) is 3.83. The summed E-state index contributed by atoms with van der Waals surface area (Å²) in [5, 5.41) is 9.68. The summed E-state index contributed by atoms with van der Waals surface area (Å²) in [6, 6.07) is 13.4. The quantitative estimate of drug-likeness (QED) is 0.500. The zero-order chi connectivity index (χ0) is 20.3. The van der Waals surface area contributed by atoms with Gasteiger partial charge in [-0.25, -0.2) is 9.10 Å². The standard InChI is InChI=1S/C18H16ClN3O5S/c19-12-7-8-14(18(23)24)17(10-12)22(11-13-4-3-9-27-13)28(25,26)21-16-6-2-1-5-15(16)20/h1-10,21H,11,20H2,(H,23,24). The highest BCUT2D eigenvalue weighted by atomic mass is 35.5. The molecular weight excluding hydrogens is 406 g/mol. The van der Waals surface area contributed by atoms with Gasteiger partial charge >= 0.3 is 16.2 Å². The van der Waals surface area contributed by atoms with E-state index in [2.05, 4.69) is 4.72 Å². The molecule has 0 fully saturated rings. The summed E-state index contributed by atoms with van der Waals surface area (Å²) < 4.78 is 34.8. The van der Waals surface area contributed by atoms with Crippen molar-refractivity contribution < 1.29 is 22.7 Å². The minimum absolute atomic E-state index is 0.113. The van der Waals surface area contributed by atoms with Crippen molar-refractivity contribution in [3.05, 3.63) is 77.2 Å². The number of aromatic carboxylic acids is 1. The van der Waals surface area contributed by atoms with E-state index in [0.717, 1.165) is 4.31 Å². The monoisotopic (exact) mass is 421 g/mol. The molecule has 1 heterocycles. The molecule has 0 amide bonds. The highest BCUT2D eigenvalue weighted by Crippen LogP contribution is 2.30. The van der Waals surface area contributed by atoms with Crippen LogP contribution in [-0.2, 0) is 16.8 Å².